The second-order valence-electron chi connectivity index (χ2n) is 6.07. The Labute approximate surface area is 178 Å². The molecule has 1 aromatic heterocycles. The van der Waals surface area contributed by atoms with Crippen molar-refractivity contribution < 1.29 is 14.3 Å². The lowest BCUT2D eigenvalue weighted by Gasteiger charge is -2.11. The molecule has 1 heterocycles. The largest absolute Gasteiger partial charge is 0.497 e. The number of ether oxygens (including phenoxy) is 1. The Balaban J connectivity index is 1.74. The van der Waals surface area contributed by atoms with Crippen molar-refractivity contribution in [3.63, 3.8) is 0 Å². The van der Waals surface area contributed by atoms with Crippen molar-refractivity contribution in [3.8, 4) is 5.75 Å². The van der Waals surface area contributed by atoms with Crippen LogP contribution in [0.1, 0.15) is 20.8 Å². The number of nitrogens with one attached hydrogen (secondary N) is 2. The van der Waals surface area contributed by atoms with Crippen LogP contribution in [0.4, 0.5) is 0 Å². The van der Waals surface area contributed by atoms with Gasteiger partial charge in [-0.15, -0.1) is 11.3 Å². The van der Waals surface area contributed by atoms with Crippen molar-refractivity contribution in [1.29, 1.82) is 0 Å². The van der Waals surface area contributed by atoms with Crippen LogP contribution in [-0.2, 0) is 11.3 Å². The van der Waals surface area contributed by atoms with Crippen LogP contribution in [0, 0.1) is 0 Å². The minimum atomic E-state index is -0.379. The molecule has 148 valence electrons. The number of carbonyl (C=O) groups excluding carboxylic acids is 2. The fourth-order valence-corrected chi connectivity index (χ4v) is 3.27. The molecule has 0 aliphatic carbocycles. The maximum atomic E-state index is 12.7. The second-order valence-corrected chi connectivity index (χ2v) is 7.48. The van der Waals surface area contributed by atoms with Crippen molar-refractivity contribution in [3.05, 3.63) is 92.8 Å². The Morgan fingerprint density at radius 2 is 1.79 bits per heavy atom. The SMILES string of the molecule is COc1ccc(C(=O)N/C(=C\c2cccs2)C(=O)NCc2ccc(Cl)cc2)cc1. The number of thiophene rings is 1. The number of amides is 2. The van der Waals surface area contributed by atoms with E-state index >= 15 is 0 Å². The summed E-state index contributed by atoms with van der Waals surface area (Å²) in [6.07, 6.45) is 1.66. The highest BCUT2D eigenvalue weighted by molar-refractivity contribution is 7.10. The summed E-state index contributed by atoms with van der Waals surface area (Å²) < 4.78 is 5.11. The maximum Gasteiger partial charge on any atom is 0.268 e. The van der Waals surface area contributed by atoms with Crippen LogP contribution in [0.3, 0.4) is 0 Å². The first-order valence-electron chi connectivity index (χ1n) is 8.78. The molecule has 0 radical (unpaired) electrons. The highest BCUT2D eigenvalue weighted by Gasteiger charge is 2.15. The third kappa shape index (κ3) is 5.94. The first-order valence-corrected chi connectivity index (χ1v) is 10.0. The molecule has 0 aliphatic heterocycles. The molecule has 29 heavy (non-hydrogen) atoms. The van der Waals surface area contributed by atoms with Gasteiger partial charge in [-0.3, -0.25) is 9.59 Å². The minimum absolute atomic E-state index is 0.169. The molecular formula is C22H19ClN2O3S. The van der Waals surface area contributed by atoms with Gasteiger partial charge in [-0.05, 0) is 59.5 Å². The van der Waals surface area contributed by atoms with Crippen LogP contribution < -0.4 is 15.4 Å². The number of methoxy groups -OCH3 is 1. The average molecular weight is 427 g/mol. The lowest BCUT2D eigenvalue weighted by molar-refractivity contribution is -0.117. The van der Waals surface area contributed by atoms with Crippen LogP contribution in [0.15, 0.2) is 71.7 Å². The predicted octanol–water partition coefficient (Wildman–Crippen LogP) is 4.50. The van der Waals surface area contributed by atoms with Gasteiger partial charge >= 0.3 is 0 Å². The van der Waals surface area contributed by atoms with Crippen LogP contribution >= 0.6 is 22.9 Å². The molecule has 2 aromatic carbocycles. The smallest absolute Gasteiger partial charge is 0.268 e. The minimum Gasteiger partial charge on any atom is -0.497 e. The van der Waals surface area contributed by atoms with Gasteiger partial charge in [0.05, 0.1) is 7.11 Å². The van der Waals surface area contributed by atoms with E-state index in [9.17, 15) is 9.59 Å². The zero-order valence-electron chi connectivity index (χ0n) is 15.6. The van der Waals surface area contributed by atoms with Crippen molar-refractivity contribution in [2.45, 2.75) is 6.54 Å². The molecule has 0 saturated heterocycles. The number of benzene rings is 2. The number of carbonyl (C=O) groups is 2. The molecule has 0 fully saturated rings. The fourth-order valence-electron chi connectivity index (χ4n) is 2.49. The second kappa shape index (κ2) is 9.91. The molecule has 0 unspecified atom stereocenters. The molecule has 2 N–H and O–H groups in total. The Kier molecular flexibility index (Phi) is 7.05. The molecule has 0 atom stereocenters. The van der Waals surface area contributed by atoms with E-state index in [-0.39, 0.29) is 17.5 Å². The van der Waals surface area contributed by atoms with Gasteiger partial charge in [0, 0.05) is 22.0 Å². The summed E-state index contributed by atoms with van der Waals surface area (Å²) in [6, 6.07) is 17.6. The Hall–Kier alpha value is -3.09. The number of rotatable bonds is 7. The molecule has 0 saturated carbocycles. The van der Waals surface area contributed by atoms with Crippen LogP contribution in [0.25, 0.3) is 6.08 Å². The van der Waals surface area contributed by atoms with E-state index < -0.39 is 0 Å². The maximum absolute atomic E-state index is 12.7. The molecule has 0 bridgehead atoms. The summed E-state index contributed by atoms with van der Waals surface area (Å²) in [5.41, 5.74) is 1.50. The predicted molar refractivity (Wildman–Crippen MR) is 116 cm³/mol. The normalized spacial score (nSPS) is 11.0. The van der Waals surface area contributed by atoms with Crippen LogP contribution in [0.5, 0.6) is 5.75 Å². The van der Waals surface area contributed by atoms with E-state index in [4.69, 9.17) is 16.3 Å². The van der Waals surface area contributed by atoms with Crippen molar-refractivity contribution in [2.75, 3.05) is 7.11 Å². The van der Waals surface area contributed by atoms with Crippen molar-refractivity contribution in [1.82, 2.24) is 10.6 Å². The summed E-state index contributed by atoms with van der Waals surface area (Å²) >= 11 is 7.36. The number of halogens is 1. The Bertz CT molecular complexity index is 998. The van der Waals surface area contributed by atoms with Gasteiger partial charge in [0.15, 0.2) is 0 Å². The first-order chi connectivity index (χ1) is 14.0. The van der Waals surface area contributed by atoms with Gasteiger partial charge in [0.2, 0.25) is 0 Å². The highest BCUT2D eigenvalue weighted by atomic mass is 35.5. The van der Waals surface area contributed by atoms with Crippen molar-refractivity contribution in [2.24, 2.45) is 0 Å². The van der Waals surface area contributed by atoms with Gasteiger partial charge in [-0.25, -0.2) is 0 Å². The van der Waals surface area contributed by atoms with Gasteiger partial charge in [0.1, 0.15) is 11.4 Å². The molecule has 3 aromatic rings. The zero-order chi connectivity index (χ0) is 20.6. The van der Waals surface area contributed by atoms with E-state index in [1.54, 1.807) is 49.6 Å². The third-order valence-corrected chi connectivity index (χ3v) is 5.11. The zero-order valence-corrected chi connectivity index (χ0v) is 17.2. The van der Waals surface area contributed by atoms with Crippen LogP contribution in [0.2, 0.25) is 5.02 Å². The van der Waals surface area contributed by atoms with E-state index in [0.717, 1.165) is 10.4 Å². The quantitative estimate of drug-likeness (QED) is 0.547. The topological polar surface area (TPSA) is 67.4 Å². The molecule has 2 amide bonds. The molecule has 0 aliphatic rings. The van der Waals surface area contributed by atoms with Gasteiger partial charge < -0.3 is 15.4 Å². The number of hydrogen-bond acceptors (Lipinski definition) is 4. The summed E-state index contributed by atoms with van der Waals surface area (Å²) in [7, 11) is 1.56. The van der Waals surface area contributed by atoms with Gasteiger partial charge in [0.25, 0.3) is 11.8 Å². The Morgan fingerprint density at radius 1 is 1.07 bits per heavy atom. The number of hydrogen-bond donors (Lipinski definition) is 2. The van der Waals surface area contributed by atoms with Gasteiger partial charge in [-0.2, -0.15) is 0 Å². The standard InChI is InChI=1S/C22H19ClN2O3S/c1-28-18-10-6-16(7-11-18)21(26)25-20(13-19-3-2-12-29-19)22(27)24-14-15-4-8-17(23)9-5-15/h2-13H,14H2,1H3,(H,24,27)(H,25,26)/b20-13-. The highest BCUT2D eigenvalue weighted by Crippen LogP contribution is 2.15. The monoisotopic (exact) mass is 426 g/mol. The molecule has 0 spiro atoms. The summed E-state index contributed by atoms with van der Waals surface area (Å²) in [4.78, 5) is 26.2. The van der Waals surface area contributed by atoms with E-state index in [1.165, 1.54) is 11.3 Å². The third-order valence-electron chi connectivity index (χ3n) is 4.04. The molecule has 5 nitrogen and oxygen atoms in total. The molecule has 3 rings (SSSR count). The summed E-state index contributed by atoms with van der Waals surface area (Å²) in [5.74, 6) is -0.107. The average Bonchev–Trinajstić information content (AvgIpc) is 3.26. The fraction of sp³-hybridized carbons (Fsp3) is 0.0909. The lowest BCUT2D eigenvalue weighted by Crippen LogP contribution is -2.34. The molecule has 7 heteroatoms. The van der Waals surface area contributed by atoms with E-state index in [2.05, 4.69) is 10.6 Å². The van der Waals surface area contributed by atoms with E-state index in [0.29, 0.717) is 22.9 Å². The summed E-state index contributed by atoms with van der Waals surface area (Å²) in [6.45, 7) is 0.316. The van der Waals surface area contributed by atoms with E-state index in [1.807, 2.05) is 29.6 Å². The van der Waals surface area contributed by atoms with Crippen molar-refractivity contribution >= 4 is 40.8 Å². The summed E-state index contributed by atoms with van der Waals surface area (Å²) in [5, 5.41) is 8.07. The molecular weight excluding hydrogens is 408 g/mol. The lowest BCUT2D eigenvalue weighted by atomic mass is 10.2. The van der Waals surface area contributed by atoms with Gasteiger partial charge in [-0.1, -0.05) is 29.8 Å². The van der Waals surface area contributed by atoms with Crippen LogP contribution in [-0.4, -0.2) is 18.9 Å². The Morgan fingerprint density at radius 3 is 2.41 bits per heavy atom. The first kappa shape index (κ1) is 20.6.